The van der Waals surface area contributed by atoms with E-state index in [-0.39, 0.29) is 23.3 Å². The molecule has 268 valence electrons. The van der Waals surface area contributed by atoms with Crippen LogP contribution in [0, 0.1) is 0 Å². The molecule has 0 spiro atoms. The minimum Gasteiger partial charge on any atom is -0.465 e. The molecule has 0 aliphatic carbocycles. The number of rotatable bonds is 23. The van der Waals surface area contributed by atoms with E-state index < -0.39 is 18.0 Å². The average Bonchev–Trinajstić information content (AvgIpc) is 3.51. The van der Waals surface area contributed by atoms with Crippen molar-refractivity contribution in [3.63, 3.8) is 0 Å². The van der Waals surface area contributed by atoms with E-state index in [0.29, 0.717) is 45.7 Å². The lowest BCUT2D eigenvalue weighted by molar-refractivity contribution is -0.144. The summed E-state index contributed by atoms with van der Waals surface area (Å²) in [5.74, 6) is -1.43. The predicted octanol–water partition coefficient (Wildman–Crippen LogP) is 8.54. The van der Waals surface area contributed by atoms with Crippen molar-refractivity contribution in [1.82, 2.24) is 19.5 Å². The quantitative estimate of drug-likeness (QED) is 0.0250. The van der Waals surface area contributed by atoms with Gasteiger partial charge in [0.05, 0.1) is 48.2 Å². The first kappa shape index (κ1) is 40.1. The summed E-state index contributed by atoms with van der Waals surface area (Å²) in [6.07, 6.45) is 16.4. The Balaban J connectivity index is 1.64. The second kappa shape index (κ2) is 22.4. The van der Waals surface area contributed by atoms with Gasteiger partial charge in [-0.3, -0.25) is 9.36 Å². The first-order valence-electron chi connectivity index (χ1n) is 17.2. The van der Waals surface area contributed by atoms with Crippen molar-refractivity contribution in [2.45, 2.75) is 109 Å². The maximum Gasteiger partial charge on any atom is 0.338 e. The number of ether oxygens (including phenoxy) is 3. The zero-order valence-electron chi connectivity index (χ0n) is 28.7. The Morgan fingerprint density at radius 1 is 0.878 bits per heavy atom. The lowest BCUT2D eigenvalue weighted by atomic mass is 10.1. The first-order valence-corrected chi connectivity index (χ1v) is 19.0. The molecule has 11 nitrogen and oxygen atoms in total. The molecule has 0 fully saturated rings. The van der Waals surface area contributed by atoms with Gasteiger partial charge in [-0.05, 0) is 38.0 Å². The van der Waals surface area contributed by atoms with Gasteiger partial charge in [-0.2, -0.15) is 0 Å². The Hall–Kier alpha value is -3.29. The first-order chi connectivity index (χ1) is 23.8. The minimum atomic E-state index is -1.17. The van der Waals surface area contributed by atoms with Crippen LogP contribution in [0.3, 0.4) is 0 Å². The Morgan fingerprint density at radius 3 is 2.24 bits per heavy atom. The van der Waals surface area contributed by atoms with Gasteiger partial charge in [0.15, 0.2) is 11.7 Å². The minimum absolute atomic E-state index is 0.0422. The Bertz CT molecular complexity index is 1520. The standard InChI is InChI=1S/C35H48ClN5O6S2/c1-4-7-9-10-11-12-13-14-15-16-20-47-34(43)25-17-18-26(36)27(21-25)40-32(48)30(35(44)45-6-3)41-24-39-29-31(41)37-23-38-33(29)49-22-28(42)46-19-8-5-2/h17-18,21,23-24,30H,4-16,19-20,22H2,1-3H3,(H,40,48). The molecule has 1 atom stereocenters. The Labute approximate surface area is 303 Å². The summed E-state index contributed by atoms with van der Waals surface area (Å²) in [6.45, 7) is 6.75. The van der Waals surface area contributed by atoms with E-state index in [4.69, 9.17) is 38.0 Å². The molecule has 1 N–H and O–H groups in total. The third kappa shape index (κ3) is 13.2. The van der Waals surface area contributed by atoms with Gasteiger partial charge >= 0.3 is 17.9 Å². The SMILES string of the molecule is CCCCCCCCCCCCOC(=O)c1ccc(Cl)c(NC(=S)C(C(=O)OCC)n2cnc3c(SCC(=O)OCCCC)ncnc32)c1. The van der Waals surface area contributed by atoms with Gasteiger partial charge in [-0.15, -0.1) is 0 Å². The number of hydrogen-bond donors (Lipinski definition) is 1. The Morgan fingerprint density at radius 2 is 1.55 bits per heavy atom. The third-order valence-corrected chi connectivity index (χ3v) is 9.25. The molecule has 1 aromatic carbocycles. The summed E-state index contributed by atoms with van der Waals surface area (Å²) in [6, 6.07) is 3.52. The summed E-state index contributed by atoms with van der Waals surface area (Å²) >= 11 is 13.4. The molecular formula is C35H48ClN5O6S2. The van der Waals surface area contributed by atoms with Gasteiger partial charge in [0.25, 0.3) is 0 Å². The van der Waals surface area contributed by atoms with Gasteiger partial charge in [0.2, 0.25) is 0 Å². The number of thioether (sulfide) groups is 1. The number of carbonyl (C=O) groups is 3. The fraction of sp³-hybridized carbons (Fsp3) is 0.571. The van der Waals surface area contributed by atoms with Crippen molar-refractivity contribution in [3.8, 4) is 0 Å². The normalized spacial score (nSPS) is 11.7. The van der Waals surface area contributed by atoms with Crippen molar-refractivity contribution in [2.75, 3.05) is 30.9 Å². The third-order valence-electron chi connectivity index (χ3n) is 7.64. The lowest BCUT2D eigenvalue weighted by Gasteiger charge is -2.20. The lowest BCUT2D eigenvalue weighted by Crippen LogP contribution is -2.32. The van der Waals surface area contributed by atoms with Crippen LogP contribution in [0.4, 0.5) is 5.69 Å². The summed E-state index contributed by atoms with van der Waals surface area (Å²) < 4.78 is 17.6. The highest BCUT2D eigenvalue weighted by atomic mass is 35.5. The number of unbranched alkanes of at least 4 members (excludes halogenated alkanes) is 10. The second-order valence-corrected chi connectivity index (χ2v) is 13.3. The molecule has 0 aliphatic rings. The van der Waals surface area contributed by atoms with Crippen LogP contribution in [-0.2, 0) is 23.8 Å². The maximum atomic E-state index is 13.3. The van der Waals surface area contributed by atoms with Crippen LogP contribution in [0.25, 0.3) is 11.2 Å². The summed E-state index contributed by atoms with van der Waals surface area (Å²) in [4.78, 5) is 51.4. The molecule has 0 aliphatic heterocycles. The van der Waals surface area contributed by atoms with E-state index in [1.807, 2.05) is 6.92 Å². The molecule has 2 aromatic heterocycles. The molecule has 14 heteroatoms. The number of anilines is 1. The molecule has 3 aromatic rings. The number of imidazole rings is 1. The van der Waals surface area contributed by atoms with Crippen molar-refractivity contribution in [1.29, 1.82) is 0 Å². The summed E-state index contributed by atoms with van der Waals surface area (Å²) in [5, 5.41) is 3.76. The van der Waals surface area contributed by atoms with Crippen molar-refractivity contribution in [3.05, 3.63) is 41.4 Å². The number of thiocarbonyl (C=S) groups is 1. The van der Waals surface area contributed by atoms with Crippen LogP contribution in [0.2, 0.25) is 5.02 Å². The van der Waals surface area contributed by atoms with Gasteiger partial charge in [0, 0.05) is 0 Å². The number of hydrogen-bond acceptors (Lipinski definition) is 11. The summed E-state index contributed by atoms with van der Waals surface area (Å²) in [5.41, 5.74) is 1.32. The maximum absolute atomic E-state index is 13.3. The largest absolute Gasteiger partial charge is 0.465 e. The van der Waals surface area contributed by atoms with Gasteiger partial charge in [0.1, 0.15) is 21.9 Å². The zero-order chi connectivity index (χ0) is 35.4. The molecule has 2 heterocycles. The topological polar surface area (TPSA) is 135 Å². The highest BCUT2D eigenvalue weighted by Gasteiger charge is 2.30. The van der Waals surface area contributed by atoms with E-state index in [9.17, 15) is 14.4 Å². The molecular weight excluding hydrogens is 686 g/mol. The van der Waals surface area contributed by atoms with Gasteiger partial charge < -0.3 is 19.5 Å². The number of carbonyl (C=O) groups excluding carboxylic acids is 3. The second-order valence-electron chi connectivity index (χ2n) is 11.5. The van der Waals surface area contributed by atoms with Crippen LogP contribution in [0.5, 0.6) is 0 Å². The molecule has 49 heavy (non-hydrogen) atoms. The molecule has 0 radical (unpaired) electrons. The Kier molecular flexibility index (Phi) is 18.4. The molecule has 1 unspecified atom stereocenters. The van der Waals surface area contributed by atoms with Gasteiger partial charge in [-0.1, -0.05) is 114 Å². The molecule has 0 bridgehead atoms. The van der Waals surface area contributed by atoms with Crippen LogP contribution in [-0.4, -0.2) is 68.0 Å². The number of fused-ring (bicyclic) bond motifs is 1. The predicted molar refractivity (Wildman–Crippen MR) is 197 cm³/mol. The van der Waals surface area contributed by atoms with E-state index in [2.05, 4.69) is 27.2 Å². The van der Waals surface area contributed by atoms with Crippen molar-refractivity contribution >= 4 is 75.3 Å². The highest BCUT2D eigenvalue weighted by molar-refractivity contribution is 8.00. The molecule has 3 rings (SSSR count). The fourth-order valence-corrected chi connectivity index (χ4v) is 6.20. The fourth-order valence-electron chi connectivity index (χ4n) is 4.98. The van der Waals surface area contributed by atoms with Crippen molar-refractivity contribution in [2.24, 2.45) is 0 Å². The molecule has 0 saturated heterocycles. The molecule has 0 saturated carbocycles. The number of nitrogens with zero attached hydrogens (tertiary/aromatic N) is 4. The van der Waals surface area contributed by atoms with Crippen LogP contribution < -0.4 is 5.32 Å². The van der Waals surface area contributed by atoms with Crippen molar-refractivity contribution < 1.29 is 28.6 Å². The number of nitrogens with one attached hydrogen (secondary N) is 1. The van der Waals surface area contributed by atoms with E-state index in [0.717, 1.165) is 43.9 Å². The van der Waals surface area contributed by atoms with E-state index in [1.165, 1.54) is 62.2 Å². The smallest absolute Gasteiger partial charge is 0.338 e. The number of halogens is 1. The van der Waals surface area contributed by atoms with Gasteiger partial charge in [-0.25, -0.2) is 24.5 Å². The zero-order valence-corrected chi connectivity index (χ0v) is 31.1. The van der Waals surface area contributed by atoms with E-state index in [1.54, 1.807) is 25.1 Å². The number of benzene rings is 1. The average molecular weight is 734 g/mol. The molecule has 0 amide bonds. The number of aromatic nitrogens is 4. The van der Waals surface area contributed by atoms with E-state index >= 15 is 0 Å². The number of esters is 3. The summed E-state index contributed by atoms with van der Waals surface area (Å²) in [7, 11) is 0. The van der Waals surface area contributed by atoms with Crippen LogP contribution in [0.15, 0.2) is 35.9 Å². The van der Waals surface area contributed by atoms with Crippen LogP contribution >= 0.6 is 35.6 Å². The monoisotopic (exact) mass is 733 g/mol. The highest BCUT2D eigenvalue weighted by Crippen LogP contribution is 2.29. The van der Waals surface area contributed by atoms with Crippen LogP contribution in [0.1, 0.15) is 114 Å².